The highest BCUT2D eigenvalue weighted by molar-refractivity contribution is 9.10. The van der Waals surface area contributed by atoms with E-state index in [0.717, 1.165) is 15.8 Å². The number of ether oxygens (including phenoxy) is 2. The molecule has 0 aliphatic carbocycles. The van der Waals surface area contributed by atoms with Gasteiger partial charge >= 0.3 is 5.97 Å². The van der Waals surface area contributed by atoms with Gasteiger partial charge in [0.2, 0.25) is 0 Å². The number of amidine groups is 1. The molecule has 5 nitrogen and oxygen atoms in total. The molecule has 2 aromatic rings. The Bertz CT molecular complexity index is 928. The largest absolute Gasteiger partial charge is 0.496 e. The molecule has 3 rings (SSSR count). The molecule has 0 bridgehead atoms. The van der Waals surface area contributed by atoms with Gasteiger partial charge in [-0.1, -0.05) is 58.0 Å². The Morgan fingerprint density at radius 1 is 1.17 bits per heavy atom. The summed E-state index contributed by atoms with van der Waals surface area (Å²) in [5.74, 6) is 0.558. The monoisotopic (exact) mass is 474 g/mol. The molecule has 2 unspecified atom stereocenters. The molecule has 0 fully saturated rings. The van der Waals surface area contributed by atoms with Gasteiger partial charge < -0.3 is 9.47 Å². The van der Waals surface area contributed by atoms with Crippen LogP contribution in [0.4, 0.5) is 0 Å². The van der Waals surface area contributed by atoms with Crippen LogP contribution in [-0.4, -0.2) is 30.6 Å². The van der Waals surface area contributed by atoms with E-state index < -0.39 is 12.0 Å². The van der Waals surface area contributed by atoms with E-state index in [1.165, 1.54) is 5.56 Å². The van der Waals surface area contributed by atoms with Gasteiger partial charge in [-0.15, -0.1) is 0 Å². The van der Waals surface area contributed by atoms with Crippen LogP contribution in [0.5, 0.6) is 5.75 Å². The molecule has 152 valence electrons. The first kappa shape index (κ1) is 21.6. The smallest absolute Gasteiger partial charge is 0.317 e. The fourth-order valence-corrected chi connectivity index (χ4v) is 4.31. The van der Waals surface area contributed by atoms with Crippen LogP contribution in [0.15, 0.2) is 63.0 Å². The Kier molecular flexibility index (Phi) is 7.50. The van der Waals surface area contributed by atoms with Crippen molar-refractivity contribution in [3.63, 3.8) is 0 Å². The maximum atomic E-state index is 12.7. The van der Waals surface area contributed by atoms with Crippen molar-refractivity contribution in [3.05, 3.63) is 64.1 Å². The lowest BCUT2D eigenvalue weighted by molar-refractivity contribution is -0.146. The predicted molar refractivity (Wildman–Crippen MR) is 122 cm³/mol. The molecule has 0 aromatic heterocycles. The normalized spacial score (nSPS) is 18.6. The Labute approximate surface area is 183 Å². The summed E-state index contributed by atoms with van der Waals surface area (Å²) in [5, 5.41) is 0.655. The number of rotatable bonds is 6. The van der Waals surface area contributed by atoms with Crippen LogP contribution in [-0.2, 0) is 15.3 Å². The lowest BCUT2D eigenvalue weighted by Gasteiger charge is -2.27. The van der Waals surface area contributed by atoms with Gasteiger partial charge in [-0.2, -0.15) is 0 Å². The summed E-state index contributed by atoms with van der Waals surface area (Å²) in [4.78, 5) is 22.1. The second kappa shape index (κ2) is 10.1. The van der Waals surface area contributed by atoms with E-state index in [1.807, 2.05) is 43.3 Å². The molecule has 1 heterocycles. The number of esters is 1. The Morgan fingerprint density at radius 2 is 1.90 bits per heavy atom. The van der Waals surface area contributed by atoms with E-state index in [1.54, 1.807) is 25.8 Å². The summed E-state index contributed by atoms with van der Waals surface area (Å²) in [5.41, 5.74) is 2.73. The number of thioether (sulfide) groups is 1. The van der Waals surface area contributed by atoms with Gasteiger partial charge in [0.1, 0.15) is 17.7 Å². The van der Waals surface area contributed by atoms with Crippen molar-refractivity contribution in [2.45, 2.75) is 25.6 Å². The highest BCUT2D eigenvalue weighted by Crippen LogP contribution is 2.38. The van der Waals surface area contributed by atoms with Gasteiger partial charge in [-0.3, -0.25) is 9.79 Å². The number of benzene rings is 2. The summed E-state index contributed by atoms with van der Waals surface area (Å²) in [6.07, 6.45) is 0. The molecule has 1 aliphatic heterocycles. The first-order valence-corrected chi connectivity index (χ1v) is 11.1. The van der Waals surface area contributed by atoms with E-state index in [2.05, 4.69) is 33.1 Å². The van der Waals surface area contributed by atoms with Gasteiger partial charge in [-0.25, -0.2) is 4.99 Å². The lowest BCUT2D eigenvalue weighted by Crippen LogP contribution is -2.33. The molecule has 0 N–H and O–H groups in total. The Morgan fingerprint density at radius 3 is 2.59 bits per heavy atom. The minimum atomic E-state index is -0.566. The molecule has 0 spiro atoms. The van der Waals surface area contributed by atoms with Gasteiger partial charge in [-0.05, 0) is 37.6 Å². The molecule has 7 heteroatoms. The highest BCUT2D eigenvalue weighted by atomic mass is 79.9. The molecule has 2 atom stereocenters. The van der Waals surface area contributed by atoms with E-state index in [9.17, 15) is 4.79 Å². The number of halogens is 1. The molecule has 29 heavy (non-hydrogen) atoms. The minimum Gasteiger partial charge on any atom is -0.496 e. The topological polar surface area (TPSA) is 60.2 Å². The number of aliphatic imine (C=N–C) groups is 2. The van der Waals surface area contributed by atoms with Gasteiger partial charge in [0.25, 0.3) is 0 Å². The average molecular weight is 475 g/mol. The zero-order chi connectivity index (χ0) is 20.8. The van der Waals surface area contributed by atoms with Gasteiger partial charge in [0.15, 0.2) is 5.17 Å². The number of para-hydroxylation sites is 1. The summed E-state index contributed by atoms with van der Waals surface area (Å²) in [7, 11) is 1.62. The van der Waals surface area contributed by atoms with Crippen LogP contribution in [0.25, 0.3) is 0 Å². The summed E-state index contributed by atoms with van der Waals surface area (Å²) >= 11 is 5.01. The summed E-state index contributed by atoms with van der Waals surface area (Å²) < 4.78 is 11.9. The predicted octanol–water partition coefficient (Wildman–Crippen LogP) is 5.44. The molecule has 1 aliphatic rings. The van der Waals surface area contributed by atoms with Crippen LogP contribution >= 0.6 is 27.7 Å². The SMILES string of the molecule is CCOC(=O)C1C(C)=NC(SCc2ccc(Br)cc2)=NC1c1ccccc1OC. The number of methoxy groups -OCH3 is 1. The molecule has 0 saturated carbocycles. The second-order valence-corrected chi connectivity index (χ2v) is 8.35. The lowest BCUT2D eigenvalue weighted by atomic mass is 9.88. The van der Waals surface area contributed by atoms with Crippen molar-refractivity contribution in [1.82, 2.24) is 0 Å². The molecule has 0 saturated heterocycles. The number of carbonyl (C=O) groups excluding carboxylic acids is 1. The fraction of sp³-hybridized carbons (Fsp3) is 0.318. The zero-order valence-corrected chi connectivity index (χ0v) is 19.0. The summed E-state index contributed by atoms with van der Waals surface area (Å²) in [6.45, 7) is 3.98. The van der Waals surface area contributed by atoms with Crippen LogP contribution in [0, 0.1) is 5.92 Å². The highest BCUT2D eigenvalue weighted by Gasteiger charge is 2.37. The van der Waals surface area contributed by atoms with Crippen LogP contribution in [0.2, 0.25) is 0 Å². The van der Waals surface area contributed by atoms with Crippen molar-refractivity contribution in [2.24, 2.45) is 15.9 Å². The van der Waals surface area contributed by atoms with Gasteiger partial charge in [0.05, 0.1) is 13.7 Å². The van der Waals surface area contributed by atoms with Crippen molar-refractivity contribution < 1.29 is 14.3 Å². The van der Waals surface area contributed by atoms with E-state index in [-0.39, 0.29) is 5.97 Å². The molecule has 0 amide bonds. The maximum Gasteiger partial charge on any atom is 0.317 e. The molecular weight excluding hydrogens is 452 g/mol. The quantitative estimate of drug-likeness (QED) is 0.522. The average Bonchev–Trinajstić information content (AvgIpc) is 2.73. The molecular formula is C22H23BrN2O3S. The first-order valence-electron chi connectivity index (χ1n) is 9.33. The third-order valence-electron chi connectivity index (χ3n) is 4.57. The minimum absolute atomic E-state index is 0.314. The van der Waals surface area contributed by atoms with E-state index in [4.69, 9.17) is 14.5 Å². The first-order chi connectivity index (χ1) is 14.0. The Hall–Kier alpha value is -2.12. The maximum absolute atomic E-state index is 12.7. The van der Waals surface area contributed by atoms with E-state index >= 15 is 0 Å². The van der Waals surface area contributed by atoms with Crippen LogP contribution in [0.3, 0.4) is 0 Å². The fourth-order valence-electron chi connectivity index (χ4n) is 3.16. The second-order valence-electron chi connectivity index (χ2n) is 6.50. The number of hydrogen-bond donors (Lipinski definition) is 0. The van der Waals surface area contributed by atoms with Crippen molar-refractivity contribution >= 4 is 44.5 Å². The van der Waals surface area contributed by atoms with Crippen molar-refractivity contribution in [3.8, 4) is 5.75 Å². The number of hydrogen-bond acceptors (Lipinski definition) is 6. The van der Waals surface area contributed by atoms with Gasteiger partial charge in [0, 0.05) is 21.5 Å². The van der Waals surface area contributed by atoms with Crippen LogP contribution < -0.4 is 4.74 Å². The number of carbonyl (C=O) groups is 1. The number of nitrogens with zero attached hydrogens (tertiary/aromatic N) is 2. The van der Waals surface area contributed by atoms with Crippen molar-refractivity contribution in [2.75, 3.05) is 13.7 Å². The standard InChI is InChI=1S/C22H23BrN2O3S/c1-4-28-21(26)19-14(2)24-22(29-13-15-9-11-16(23)12-10-15)25-20(19)17-7-5-6-8-18(17)27-3/h5-12,19-20H,4,13H2,1-3H3. The van der Waals surface area contributed by atoms with Crippen LogP contribution in [0.1, 0.15) is 31.0 Å². The summed E-state index contributed by atoms with van der Waals surface area (Å²) in [6, 6.07) is 15.4. The third-order valence-corrected chi connectivity index (χ3v) is 6.03. The molecule has 2 aromatic carbocycles. The Balaban J connectivity index is 1.91. The molecule has 0 radical (unpaired) electrons. The third kappa shape index (κ3) is 5.28. The van der Waals surface area contributed by atoms with E-state index in [0.29, 0.717) is 23.2 Å². The van der Waals surface area contributed by atoms with Crippen molar-refractivity contribution in [1.29, 1.82) is 0 Å². The zero-order valence-electron chi connectivity index (χ0n) is 16.6.